The summed E-state index contributed by atoms with van der Waals surface area (Å²) in [7, 11) is 0. The van der Waals surface area contributed by atoms with Crippen LogP contribution in [0.15, 0.2) is 0 Å². The molecule has 2 heterocycles. The van der Waals surface area contributed by atoms with Crippen LogP contribution in [0.5, 0.6) is 0 Å². The van der Waals surface area contributed by atoms with Gasteiger partial charge in [-0.05, 0) is 45.1 Å². The van der Waals surface area contributed by atoms with E-state index in [1.165, 1.54) is 0 Å². The molecule has 0 spiro atoms. The van der Waals surface area contributed by atoms with Crippen LogP contribution in [-0.4, -0.2) is 47.7 Å². The van der Waals surface area contributed by atoms with Crippen molar-refractivity contribution in [3.8, 4) is 0 Å². The summed E-state index contributed by atoms with van der Waals surface area (Å²) in [5, 5.41) is 12.2. The number of amides is 1. The maximum Gasteiger partial charge on any atom is 0.242 e. The third-order valence-corrected chi connectivity index (χ3v) is 3.95. The molecule has 1 amide bonds. The summed E-state index contributed by atoms with van der Waals surface area (Å²) >= 11 is 0. The molecule has 4 heteroatoms. The summed E-state index contributed by atoms with van der Waals surface area (Å²) in [4.78, 5) is 14.3. The fourth-order valence-corrected chi connectivity index (χ4v) is 2.86. The summed E-state index contributed by atoms with van der Waals surface area (Å²) in [6.07, 6.45) is 3.92. The zero-order valence-corrected chi connectivity index (χ0v) is 10.0. The number of rotatable bonds is 3. The molecule has 2 saturated heterocycles. The second-order valence-corrected chi connectivity index (χ2v) is 5.28. The first kappa shape index (κ1) is 11.9. The van der Waals surface area contributed by atoms with Gasteiger partial charge in [0.25, 0.3) is 0 Å². The molecule has 0 aromatic carbocycles. The maximum absolute atomic E-state index is 12.3. The van der Waals surface area contributed by atoms with Crippen molar-refractivity contribution in [1.82, 2.24) is 10.2 Å². The molecule has 2 rings (SSSR count). The van der Waals surface area contributed by atoms with Gasteiger partial charge in [-0.2, -0.15) is 0 Å². The molecular weight excluding hydrogens is 204 g/mol. The fourth-order valence-electron chi connectivity index (χ4n) is 2.86. The second-order valence-electron chi connectivity index (χ2n) is 5.28. The molecule has 2 atom stereocenters. The molecule has 92 valence electrons. The van der Waals surface area contributed by atoms with Crippen molar-refractivity contribution in [3.63, 3.8) is 0 Å². The lowest BCUT2D eigenvalue weighted by atomic mass is 9.98. The van der Waals surface area contributed by atoms with Gasteiger partial charge < -0.3 is 15.3 Å². The van der Waals surface area contributed by atoms with Gasteiger partial charge in [0.2, 0.25) is 5.91 Å². The van der Waals surface area contributed by atoms with Crippen LogP contribution < -0.4 is 5.32 Å². The minimum atomic E-state index is -0.325. The normalized spacial score (nSPS) is 34.6. The van der Waals surface area contributed by atoms with Gasteiger partial charge in [-0.15, -0.1) is 0 Å². The van der Waals surface area contributed by atoms with E-state index in [2.05, 4.69) is 5.32 Å². The topological polar surface area (TPSA) is 52.6 Å². The highest BCUT2D eigenvalue weighted by atomic mass is 16.3. The number of hydrogen-bond acceptors (Lipinski definition) is 3. The first-order valence-corrected chi connectivity index (χ1v) is 6.31. The third-order valence-electron chi connectivity index (χ3n) is 3.95. The number of nitrogens with zero attached hydrogens (tertiary/aromatic N) is 1. The number of carbonyl (C=O) groups excluding carboxylic acids is 1. The van der Waals surface area contributed by atoms with Gasteiger partial charge in [-0.25, -0.2) is 0 Å². The molecule has 0 aliphatic carbocycles. The van der Waals surface area contributed by atoms with Crippen molar-refractivity contribution in [2.45, 2.75) is 38.1 Å². The Morgan fingerprint density at radius 1 is 1.62 bits per heavy atom. The number of nitrogens with one attached hydrogen (secondary N) is 1. The quantitative estimate of drug-likeness (QED) is 0.730. The SMILES string of the molecule is CC1(C(=O)N2CCC(CCO)C2)CCCN1. The highest BCUT2D eigenvalue weighted by Gasteiger charge is 2.40. The Labute approximate surface area is 97.0 Å². The first-order chi connectivity index (χ1) is 7.65. The Kier molecular flexibility index (Phi) is 3.50. The molecule has 4 nitrogen and oxygen atoms in total. The Morgan fingerprint density at radius 2 is 2.44 bits per heavy atom. The summed E-state index contributed by atoms with van der Waals surface area (Å²) in [5.74, 6) is 0.754. The van der Waals surface area contributed by atoms with E-state index < -0.39 is 0 Å². The van der Waals surface area contributed by atoms with Crippen molar-refractivity contribution in [1.29, 1.82) is 0 Å². The molecule has 16 heavy (non-hydrogen) atoms. The Bertz CT molecular complexity index is 262. The number of carbonyl (C=O) groups is 1. The highest BCUT2D eigenvalue weighted by molar-refractivity contribution is 5.86. The lowest BCUT2D eigenvalue weighted by molar-refractivity contribution is -0.136. The number of aliphatic hydroxyl groups is 1. The molecule has 0 saturated carbocycles. The molecule has 0 radical (unpaired) electrons. The maximum atomic E-state index is 12.3. The van der Waals surface area contributed by atoms with Gasteiger partial charge in [0.15, 0.2) is 0 Å². The van der Waals surface area contributed by atoms with Gasteiger partial charge in [-0.3, -0.25) is 4.79 Å². The summed E-state index contributed by atoms with van der Waals surface area (Å²) in [5.41, 5.74) is -0.325. The number of likely N-dealkylation sites (tertiary alicyclic amines) is 1. The van der Waals surface area contributed by atoms with E-state index in [9.17, 15) is 4.79 Å². The zero-order valence-electron chi connectivity index (χ0n) is 10.0. The summed E-state index contributed by atoms with van der Waals surface area (Å²) in [6, 6.07) is 0. The predicted octanol–water partition coefficient (Wildman–Crippen LogP) is 0.359. The van der Waals surface area contributed by atoms with Crippen LogP contribution in [0.3, 0.4) is 0 Å². The van der Waals surface area contributed by atoms with Crippen LogP contribution in [0, 0.1) is 5.92 Å². The monoisotopic (exact) mass is 226 g/mol. The lowest BCUT2D eigenvalue weighted by Crippen LogP contribution is -2.52. The predicted molar refractivity (Wildman–Crippen MR) is 62.0 cm³/mol. The number of aliphatic hydroxyl groups excluding tert-OH is 1. The van der Waals surface area contributed by atoms with Gasteiger partial charge >= 0.3 is 0 Å². The Hall–Kier alpha value is -0.610. The van der Waals surface area contributed by atoms with Crippen LogP contribution in [0.1, 0.15) is 32.6 Å². The van der Waals surface area contributed by atoms with Crippen molar-refractivity contribution < 1.29 is 9.90 Å². The fraction of sp³-hybridized carbons (Fsp3) is 0.917. The van der Waals surface area contributed by atoms with E-state index in [0.29, 0.717) is 5.92 Å². The number of hydrogen-bond donors (Lipinski definition) is 2. The van der Waals surface area contributed by atoms with Crippen LogP contribution in [0.25, 0.3) is 0 Å². The van der Waals surface area contributed by atoms with Crippen molar-refractivity contribution in [2.24, 2.45) is 5.92 Å². The molecule has 0 bridgehead atoms. The highest BCUT2D eigenvalue weighted by Crippen LogP contribution is 2.26. The van der Waals surface area contributed by atoms with Crippen LogP contribution in [0.2, 0.25) is 0 Å². The molecule has 2 fully saturated rings. The van der Waals surface area contributed by atoms with Gasteiger partial charge in [0.05, 0.1) is 5.54 Å². The summed E-state index contributed by atoms with van der Waals surface area (Å²) in [6.45, 7) is 4.90. The minimum Gasteiger partial charge on any atom is -0.396 e. The Morgan fingerprint density at radius 3 is 3.06 bits per heavy atom. The van der Waals surface area contributed by atoms with Crippen LogP contribution in [0.4, 0.5) is 0 Å². The van der Waals surface area contributed by atoms with Crippen molar-refractivity contribution in [3.05, 3.63) is 0 Å². The van der Waals surface area contributed by atoms with Crippen molar-refractivity contribution in [2.75, 3.05) is 26.2 Å². The molecule has 0 aromatic heterocycles. The lowest BCUT2D eigenvalue weighted by Gasteiger charge is -2.29. The standard InChI is InChI=1S/C12H22N2O2/c1-12(5-2-6-13-12)11(16)14-7-3-10(9-14)4-8-15/h10,13,15H,2-9H2,1H3. The molecule has 0 aromatic rings. The van der Waals surface area contributed by atoms with E-state index in [0.717, 1.165) is 45.3 Å². The molecular formula is C12H22N2O2. The minimum absolute atomic E-state index is 0.238. The molecule has 2 unspecified atom stereocenters. The summed E-state index contributed by atoms with van der Waals surface area (Å²) < 4.78 is 0. The van der Waals surface area contributed by atoms with E-state index in [-0.39, 0.29) is 18.1 Å². The van der Waals surface area contributed by atoms with E-state index in [4.69, 9.17) is 5.11 Å². The molecule has 2 aliphatic heterocycles. The largest absolute Gasteiger partial charge is 0.396 e. The average molecular weight is 226 g/mol. The first-order valence-electron chi connectivity index (χ1n) is 6.31. The van der Waals surface area contributed by atoms with Crippen LogP contribution >= 0.6 is 0 Å². The second kappa shape index (κ2) is 4.72. The molecule has 2 N–H and O–H groups in total. The third kappa shape index (κ3) is 2.23. The van der Waals surface area contributed by atoms with E-state index >= 15 is 0 Å². The molecule has 2 aliphatic rings. The van der Waals surface area contributed by atoms with Gasteiger partial charge in [0.1, 0.15) is 0 Å². The van der Waals surface area contributed by atoms with Gasteiger partial charge in [-0.1, -0.05) is 0 Å². The van der Waals surface area contributed by atoms with E-state index in [1.807, 2.05) is 11.8 Å². The zero-order chi connectivity index (χ0) is 11.6. The average Bonchev–Trinajstić information content (AvgIpc) is 2.88. The van der Waals surface area contributed by atoms with Crippen molar-refractivity contribution >= 4 is 5.91 Å². The smallest absolute Gasteiger partial charge is 0.242 e. The van der Waals surface area contributed by atoms with Gasteiger partial charge in [0, 0.05) is 19.7 Å². The Balaban J connectivity index is 1.91. The van der Waals surface area contributed by atoms with Crippen LogP contribution in [-0.2, 0) is 4.79 Å². The van der Waals surface area contributed by atoms with E-state index in [1.54, 1.807) is 0 Å².